The number of hydrogen-bond donors (Lipinski definition) is 3. The predicted molar refractivity (Wildman–Crippen MR) is 366 cm³/mol. The molecule has 492 valence electrons. The van der Waals surface area contributed by atoms with Crippen molar-refractivity contribution in [1.82, 2.24) is 5.32 Å². The summed E-state index contributed by atoms with van der Waals surface area (Å²) in [5.41, 5.74) is 0. The van der Waals surface area contributed by atoms with E-state index in [-0.39, 0.29) is 18.5 Å². The molecule has 0 aliphatic heterocycles. The van der Waals surface area contributed by atoms with Crippen LogP contribution in [0.2, 0.25) is 0 Å². The molecule has 0 spiro atoms. The Morgan fingerprint density at radius 2 is 0.566 bits per heavy atom. The van der Waals surface area contributed by atoms with E-state index >= 15 is 0 Å². The molecule has 0 aliphatic carbocycles. The Hall–Kier alpha value is -1.66. The summed E-state index contributed by atoms with van der Waals surface area (Å²) in [7, 11) is 0. The van der Waals surface area contributed by atoms with Gasteiger partial charge in [-0.1, -0.05) is 385 Å². The molecule has 0 radical (unpaired) electrons. The zero-order valence-corrected chi connectivity index (χ0v) is 56.5. The standard InChI is InChI=1S/C77H149NO5/c1-3-5-7-9-11-13-15-17-19-38-41-45-49-53-57-61-65-69-75(80)74(73-79)78-76(81)70-66-62-58-54-50-46-42-39-36-34-32-30-28-26-24-22-21-23-25-27-29-31-33-35-37-40-44-48-52-56-60-64-68-72-83-77(82)71-67-63-59-55-51-47-43-20-18-16-14-12-10-8-6-4-2/h20,43,65,69,74-75,79-80H,3-19,21-42,44-64,66-68,70-73H2,1-2H3,(H,78,81)/b43-20-,69-65+. The van der Waals surface area contributed by atoms with Crippen LogP contribution in [0.5, 0.6) is 0 Å². The molecule has 6 nitrogen and oxygen atoms in total. The monoisotopic (exact) mass is 1170 g/mol. The van der Waals surface area contributed by atoms with Crippen LogP contribution in [0.3, 0.4) is 0 Å². The van der Waals surface area contributed by atoms with Gasteiger partial charge in [-0.05, 0) is 57.8 Å². The summed E-state index contributed by atoms with van der Waals surface area (Å²) in [5, 5.41) is 23.2. The second kappa shape index (κ2) is 72.8. The first-order valence-corrected chi connectivity index (χ1v) is 38.1. The summed E-state index contributed by atoms with van der Waals surface area (Å²) >= 11 is 0. The van der Waals surface area contributed by atoms with E-state index in [1.54, 1.807) is 6.08 Å². The first-order valence-electron chi connectivity index (χ1n) is 38.1. The highest BCUT2D eigenvalue weighted by molar-refractivity contribution is 5.76. The van der Waals surface area contributed by atoms with Gasteiger partial charge in [0.1, 0.15) is 0 Å². The summed E-state index contributed by atoms with van der Waals surface area (Å²) < 4.78 is 5.50. The quantitative estimate of drug-likeness (QED) is 0.0320. The number of amides is 1. The van der Waals surface area contributed by atoms with E-state index in [0.29, 0.717) is 19.4 Å². The lowest BCUT2D eigenvalue weighted by Gasteiger charge is -2.20. The maximum atomic E-state index is 12.5. The SMILES string of the molecule is CCCCCCCCC/C=C\CCCCCCCC(=O)OCCCCCCCCCCCCCCCCCCCCCCCCCCCCCCCCCCCC(=O)NC(CO)C(O)/C=C/CCCCCCCCCCCCCCCCC. The van der Waals surface area contributed by atoms with Gasteiger partial charge in [0.25, 0.3) is 0 Å². The number of allylic oxidation sites excluding steroid dienone is 3. The van der Waals surface area contributed by atoms with E-state index in [0.717, 1.165) is 44.9 Å². The van der Waals surface area contributed by atoms with Crippen LogP contribution in [0.25, 0.3) is 0 Å². The zero-order valence-electron chi connectivity index (χ0n) is 56.5. The van der Waals surface area contributed by atoms with Gasteiger partial charge in [0.05, 0.1) is 25.4 Å². The number of ether oxygens (including phenoxy) is 1. The molecule has 0 aromatic heterocycles. The lowest BCUT2D eigenvalue weighted by molar-refractivity contribution is -0.143. The number of carbonyl (C=O) groups excluding carboxylic acids is 2. The second-order valence-electron chi connectivity index (χ2n) is 26.3. The second-order valence-corrected chi connectivity index (χ2v) is 26.3. The van der Waals surface area contributed by atoms with Crippen LogP contribution in [0, 0.1) is 0 Å². The maximum Gasteiger partial charge on any atom is 0.305 e. The molecule has 0 heterocycles. The van der Waals surface area contributed by atoms with Crippen LogP contribution < -0.4 is 5.32 Å². The van der Waals surface area contributed by atoms with Crippen LogP contribution in [-0.4, -0.2) is 47.4 Å². The van der Waals surface area contributed by atoms with E-state index in [1.807, 2.05) is 6.08 Å². The van der Waals surface area contributed by atoms with Gasteiger partial charge in [-0.3, -0.25) is 9.59 Å². The highest BCUT2D eigenvalue weighted by atomic mass is 16.5. The number of rotatable bonds is 72. The topological polar surface area (TPSA) is 95.9 Å². The Morgan fingerprint density at radius 1 is 0.325 bits per heavy atom. The lowest BCUT2D eigenvalue weighted by Crippen LogP contribution is -2.45. The van der Waals surface area contributed by atoms with E-state index < -0.39 is 12.1 Å². The van der Waals surface area contributed by atoms with Crippen molar-refractivity contribution < 1.29 is 24.5 Å². The average Bonchev–Trinajstić information content (AvgIpc) is 3.49. The normalized spacial score (nSPS) is 12.6. The molecule has 3 N–H and O–H groups in total. The van der Waals surface area contributed by atoms with Gasteiger partial charge >= 0.3 is 5.97 Å². The van der Waals surface area contributed by atoms with Crippen LogP contribution >= 0.6 is 0 Å². The maximum absolute atomic E-state index is 12.5. The molecule has 0 fully saturated rings. The summed E-state index contributed by atoms with van der Waals surface area (Å²) in [6, 6.07) is -0.624. The van der Waals surface area contributed by atoms with Gasteiger partial charge in [0, 0.05) is 12.8 Å². The van der Waals surface area contributed by atoms with Crippen LogP contribution in [0.4, 0.5) is 0 Å². The number of nitrogens with one attached hydrogen (secondary N) is 1. The lowest BCUT2D eigenvalue weighted by atomic mass is 10.0. The van der Waals surface area contributed by atoms with Gasteiger partial charge in [-0.15, -0.1) is 0 Å². The Balaban J connectivity index is 3.33. The zero-order chi connectivity index (χ0) is 59.9. The molecule has 6 heteroatoms. The Bertz CT molecular complexity index is 1300. The number of carbonyl (C=O) groups is 2. The van der Waals surface area contributed by atoms with Crippen LogP contribution in [-0.2, 0) is 14.3 Å². The van der Waals surface area contributed by atoms with Gasteiger partial charge < -0.3 is 20.3 Å². The molecule has 1 amide bonds. The van der Waals surface area contributed by atoms with Crippen molar-refractivity contribution in [1.29, 1.82) is 0 Å². The minimum atomic E-state index is -0.841. The Kier molecular flexibility index (Phi) is 71.4. The highest BCUT2D eigenvalue weighted by Gasteiger charge is 2.18. The Labute approximate surface area is 520 Å². The Morgan fingerprint density at radius 3 is 0.855 bits per heavy atom. The van der Waals surface area contributed by atoms with Crippen LogP contribution in [0.15, 0.2) is 24.3 Å². The third-order valence-corrected chi connectivity index (χ3v) is 18.0. The summed E-state index contributed by atoms with van der Waals surface area (Å²) in [6.45, 7) is 4.94. The average molecular weight is 1170 g/mol. The first-order chi connectivity index (χ1) is 41.0. The van der Waals surface area contributed by atoms with E-state index in [9.17, 15) is 19.8 Å². The smallest absolute Gasteiger partial charge is 0.305 e. The summed E-state index contributed by atoms with van der Waals surface area (Å²) in [4.78, 5) is 24.6. The van der Waals surface area contributed by atoms with Crippen molar-refractivity contribution in [2.45, 2.75) is 443 Å². The van der Waals surface area contributed by atoms with Crippen LogP contribution in [0.1, 0.15) is 431 Å². The molecular formula is C77H149NO5. The third-order valence-electron chi connectivity index (χ3n) is 18.0. The molecule has 83 heavy (non-hydrogen) atoms. The molecular weight excluding hydrogens is 1020 g/mol. The third kappa shape index (κ3) is 69.3. The van der Waals surface area contributed by atoms with E-state index in [1.165, 1.54) is 360 Å². The number of unbranched alkanes of at least 4 members (excludes halogenated alkanes) is 59. The number of hydrogen-bond acceptors (Lipinski definition) is 5. The highest BCUT2D eigenvalue weighted by Crippen LogP contribution is 2.20. The van der Waals surface area contributed by atoms with Crippen molar-refractivity contribution in [3.05, 3.63) is 24.3 Å². The molecule has 0 bridgehead atoms. The molecule has 0 aromatic rings. The van der Waals surface area contributed by atoms with E-state index in [2.05, 4.69) is 31.3 Å². The fraction of sp³-hybridized carbons (Fsp3) is 0.922. The fourth-order valence-electron chi connectivity index (χ4n) is 12.2. The summed E-state index contributed by atoms with van der Waals surface area (Å²) in [5.74, 6) is -0.0447. The van der Waals surface area contributed by atoms with E-state index in [4.69, 9.17) is 4.74 Å². The van der Waals surface area contributed by atoms with Crippen molar-refractivity contribution in [2.24, 2.45) is 0 Å². The first kappa shape index (κ1) is 81.3. The molecule has 2 unspecified atom stereocenters. The molecule has 0 aromatic carbocycles. The van der Waals surface area contributed by atoms with Gasteiger partial charge in [-0.2, -0.15) is 0 Å². The van der Waals surface area contributed by atoms with Gasteiger partial charge in [0.15, 0.2) is 0 Å². The number of esters is 1. The van der Waals surface area contributed by atoms with Gasteiger partial charge in [0.2, 0.25) is 5.91 Å². The fourth-order valence-corrected chi connectivity index (χ4v) is 12.2. The van der Waals surface area contributed by atoms with Crippen molar-refractivity contribution >= 4 is 11.9 Å². The minimum absolute atomic E-state index is 0.0149. The predicted octanol–water partition coefficient (Wildman–Crippen LogP) is 24.9. The molecule has 0 saturated heterocycles. The largest absolute Gasteiger partial charge is 0.466 e. The minimum Gasteiger partial charge on any atom is -0.466 e. The molecule has 2 atom stereocenters. The number of aliphatic hydroxyl groups excluding tert-OH is 2. The van der Waals surface area contributed by atoms with Crippen molar-refractivity contribution in [3.63, 3.8) is 0 Å². The van der Waals surface area contributed by atoms with Gasteiger partial charge in [-0.25, -0.2) is 0 Å². The van der Waals surface area contributed by atoms with Crippen molar-refractivity contribution in [2.75, 3.05) is 13.2 Å². The molecule has 0 saturated carbocycles. The molecule has 0 rings (SSSR count). The van der Waals surface area contributed by atoms with Crippen molar-refractivity contribution in [3.8, 4) is 0 Å². The number of aliphatic hydroxyl groups is 2. The molecule has 0 aliphatic rings. The summed E-state index contributed by atoms with van der Waals surface area (Å²) in [6.07, 6.45) is 92.9.